The molecule has 0 radical (unpaired) electrons. The van der Waals surface area contributed by atoms with Gasteiger partial charge in [0.15, 0.2) is 5.11 Å². The second-order valence-corrected chi connectivity index (χ2v) is 10.8. The predicted molar refractivity (Wildman–Crippen MR) is 135 cm³/mol. The van der Waals surface area contributed by atoms with E-state index in [1.54, 1.807) is 18.3 Å². The van der Waals surface area contributed by atoms with Crippen LogP contribution in [-0.2, 0) is 10.0 Å². The molecule has 33 heavy (non-hydrogen) atoms. The maximum absolute atomic E-state index is 11.6. The third kappa shape index (κ3) is 4.47. The van der Waals surface area contributed by atoms with E-state index in [2.05, 4.69) is 42.8 Å². The van der Waals surface area contributed by atoms with E-state index in [1.807, 2.05) is 30.3 Å². The van der Waals surface area contributed by atoms with Crippen LogP contribution < -0.4 is 14.9 Å². The van der Waals surface area contributed by atoms with E-state index in [4.69, 9.17) is 12.2 Å². The van der Waals surface area contributed by atoms with Crippen molar-refractivity contribution in [3.8, 4) is 0 Å². The zero-order valence-electron chi connectivity index (χ0n) is 18.4. The van der Waals surface area contributed by atoms with Crippen molar-refractivity contribution in [1.29, 1.82) is 0 Å². The summed E-state index contributed by atoms with van der Waals surface area (Å²) < 4.78 is 28.1. The van der Waals surface area contributed by atoms with Crippen LogP contribution in [0.4, 0.5) is 11.4 Å². The molecule has 172 valence electrons. The summed E-state index contributed by atoms with van der Waals surface area (Å²) in [5, 5.41) is 4.12. The van der Waals surface area contributed by atoms with Crippen molar-refractivity contribution in [2.75, 3.05) is 15.9 Å². The quantitative estimate of drug-likeness (QED) is 0.503. The zero-order chi connectivity index (χ0) is 23.0. The first kappa shape index (κ1) is 21.9. The molecule has 1 aliphatic heterocycles. The van der Waals surface area contributed by atoms with Crippen LogP contribution in [0.1, 0.15) is 55.2 Å². The van der Waals surface area contributed by atoms with Gasteiger partial charge in [0.05, 0.1) is 18.0 Å². The van der Waals surface area contributed by atoms with Gasteiger partial charge in [-0.1, -0.05) is 18.9 Å². The van der Waals surface area contributed by atoms with Crippen LogP contribution in [-0.4, -0.2) is 29.3 Å². The third-order valence-electron chi connectivity index (χ3n) is 6.38. The predicted octanol–water partition coefficient (Wildman–Crippen LogP) is 4.55. The van der Waals surface area contributed by atoms with Crippen LogP contribution in [0.25, 0.3) is 0 Å². The number of rotatable bonds is 6. The summed E-state index contributed by atoms with van der Waals surface area (Å²) in [7, 11) is -3.34. The molecule has 2 aromatic heterocycles. The summed E-state index contributed by atoms with van der Waals surface area (Å²) in [6, 6.07) is 17.9. The lowest BCUT2D eigenvalue weighted by molar-refractivity contribution is 0.461. The van der Waals surface area contributed by atoms with Crippen molar-refractivity contribution in [3.05, 3.63) is 78.4 Å². The Balaban J connectivity index is 1.56. The molecule has 1 saturated carbocycles. The van der Waals surface area contributed by atoms with Gasteiger partial charge in [-0.3, -0.25) is 9.71 Å². The molecule has 0 spiro atoms. The van der Waals surface area contributed by atoms with Gasteiger partial charge in [-0.2, -0.15) is 0 Å². The molecule has 1 aliphatic carbocycles. The lowest BCUT2D eigenvalue weighted by atomic mass is 10.00. The third-order valence-corrected chi connectivity index (χ3v) is 7.30. The minimum atomic E-state index is -3.34. The Morgan fingerprint density at radius 1 is 1.06 bits per heavy atom. The van der Waals surface area contributed by atoms with E-state index in [0.29, 0.717) is 16.8 Å². The van der Waals surface area contributed by atoms with Gasteiger partial charge in [0, 0.05) is 35.5 Å². The maximum atomic E-state index is 11.6. The van der Waals surface area contributed by atoms with E-state index in [1.165, 1.54) is 31.4 Å². The SMILES string of the molecule is CS(=O)(=O)Nc1ccc(N2C(=S)N[C@@H](c3ccccn3)[C@H]2c2cccn2C2CCCC2)cc1. The second-order valence-electron chi connectivity index (χ2n) is 8.70. The van der Waals surface area contributed by atoms with Gasteiger partial charge in [0.2, 0.25) is 10.0 Å². The molecule has 0 amide bonds. The standard InChI is InChI=1S/C24H27N5O2S2/c1-33(30,31)27-17-11-13-19(14-12-17)29-23(21-10-6-16-28(21)18-7-2-3-8-18)22(26-24(29)32)20-9-4-5-15-25-20/h4-6,9-16,18,22-23,27H,2-3,7-8H2,1H3,(H,26,32)/t22-,23+/m0/s1. The van der Waals surface area contributed by atoms with Crippen molar-refractivity contribution in [3.63, 3.8) is 0 Å². The van der Waals surface area contributed by atoms with E-state index in [0.717, 1.165) is 17.6 Å². The molecule has 2 N–H and O–H groups in total. The number of sulfonamides is 1. The smallest absolute Gasteiger partial charge is 0.229 e. The Kier molecular flexibility index (Phi) is 5.84. The fraction of sp³-hybridized carbons (Fsp3) is 0.333. The van der Waals surface area contributed by atoms with Crippen molar-refractivity contribution in [2.45, 2.75) is 43.8 Å². The number of hydrogen-bond donors (Lipinski definition) is 2. The first-order valence-electron chi connectivity index (χ1n) is 11.2. The monoisotopic (exact) mass is 481 g/mol. The summed E-state index contributed by atoms with van der Waals surface area (Å²) in [4.78, 5) is 6.75. The van der Waals surface area contributed by atoms with E-state index < -0.39 is 10.0 Å². The molecular formula is C24H27N5O2S2. The molecule has 2 atom stereocenters. The number of pyridine rings is 1. The molecule has 3 heterocycles. The number of aromatic nitrogens is 2. The van der Waals surface area contributed by atoms with Crippen LogP contribution in [0.2, 0.25) is 0 Å². The molecule has 5 rings (SSSR count). The van der Waals surface area contributed by atoms with Crippen LogP contribution in [0.5, 0.6) is 0 Å². The van der Waals surface area contributed by atoms with Crippen LogP contribution >= 0.6 is 12.2 Å². The lowest BCUT2D eigenvalue weighted by Crippen LogP contribution is -2.30. The van der Waals surface area contributed by atoms with E-state index >= 15 is 0 Å². The van der Waals surface area contributed by atoms with Crippen molar-refractivity contribution in [2.24, 2.45) is 0 Å². The van der Waals surface area contributed by atoms with Crippen molar-refractivity contribution in [1.82, 2.24) is 14.9 Å². The highest BCUT2D eigenvalue weighted by molar-refractivity contribution is 7.92. The Morgan fingerprint density at radius 3 is 2.48 bits per heavy atom. The minimum Gasteiger partial charge on any atom is -0.351 e. The number of anilines is 2. The number of nitrogens with zero attached hydrogens (tertiary/aromatic N) is 3. The number of hydrogen-bond acceptors (Lipinski definition) is 4. The van der Waals surface area contributed by atoms with Gasteiger partial charge in [0.1, 0.15) is 6.04 Å². The summed E-state index contributed by atoms with van der Waals surface area (Å²) in [6.45, 7) is 0. The largest absolute Gasteiger partial charge is 0.351 e. The molecule has 2 aliphatic rings. The summed E-state index contributed by atoms with van der Waals surface area (Å²) in [6.07, 6.45) is 10.0. The molecule has 1 aromatic carbocycles. The lowest BCUT2D eigenvalue weighted by Gasteiger charge is -2.30. The molecule has 7 nitrogen and oxygen atoms in total. The van der Waals surface area contributed by atoms with Gasteiger partial charge in [-0.25, -0.2) is 8.42 Å². The number of benzene rings is 1. The second kappa shape index (κ2) is 8.79. The van der Waals surface area contributed by atoms with Gasteiger partial charge in [-0.15, -0.1) is 0 Å². The van der Waals surface area contributed by atoms with Crippen LogP contribution in [0.3, 0.4) is 0 Å². The van der Waals surface area contributed by atoms with Gasteiger partial charge >= 0.3 is 0 Å². The highest BCUT2D eigenvalue weighted by atomic mass is 32.2. The van der Waals surface area contributed by atoms with Gasteiger partial charge in [-0.05, 0) is 73.6 Å². The highest BCUT2D eigenvalue weighted by Crippen LogP contribution is 2.43. The molecular weight excluding hydrogens is 454 g/mol. The molecule has 0 unspecified atom stereocenters. The summed E-state index contributed by atoms with van der Waals surface area (Å²) in [5.41, 5.74) is 3.55. The molecule has 3 aromatic rings. The van der Waals surface area contributed by atoms with Crippen LogP contribution in [0.15, 0.2) is 67.0 Å². The first-order valence-corrected chi connectivity index (χ1v) is 13.5. The highest BCUT2D eigenvalue weighted by Gasteiger charge is 2.42. The summed E-state index contributed by atoms with van der Waals surface area (Å²) >= 11 is 5.82. The first-order chi connectivity index (χ1) is 15.9. The number of thiocarbonyl (C=S) groups is 1. The Labute approximate surface area is 199 Å². The molecule has 2 fully saturated rings. The minimum absolute atomic E-state index is 0.0864. The maximum Gasteiger partial charge on any atom is 0.229 e. The van der Waals surface area contributed by atoms with E-state index in [9.17, 15) is 8.42 Å². The zero-order valence-corrected chi connectivity index (χ0v) is 20.0. The van der Waals surface area contributed by atoms with Gasteiger partial charge < -0.3 is 14.8 Å². The summed E-state index contributed by atoms with van der Waals surface area (Å²) in [5.74, 6) is 0. The molecule has 0 bridgehead atoms. The fourth-order valence-corrected chi connectivity index (χ4v) is 5.92. The Hall–Kier alpha value is -2.91. The normalized spacial score (nSPS) is 21.4. The molecule has 9 heteroatoms. The Bertz CT molecular complexity index is 1240. The van der Waals surface area contributed by atoms with E-state index in [-0.39, 0.29) is 12.1 Å². The van der Waals surface area contributed by atoms with Gasteiger partial charge in [0.25, 0.3) is 0 Å². The van der Waals surface area contributed by atoms with Crippen molar-refractivity contribution < 1.29 is 8.42 Å². The average Bonchev–Trinajstić information content (AvgIpc) is 3.53. The molecule has 1 saturated heterocycles. The van der Waals surface area contributed by atoms with Crippen LogP contribution in [0, 0.1) is 0 Å². The Morgan fingerprint density at radius 2 is 1.82 bits per heavy atom. The van der Waals surface area contributed by atoms with Crippen molar-refractivity contribution >= 4 is 38.7 Å². The fourth-order valence-electron chi connectivity index (χ4n) is 5.01. The topological polar surface area (TPSA) is 79.3 Å². The number of nitrogens with one attached hydrogen (secondary N) is 2. The average molecular weight is 482 g/mol.